The average molecular weight is 309 g/mol. The fourth-order valence-electron chi connectivity index (χ4n) is 1.53. The molecule has 2 aromatic rings. The summed E-state index contributed by atoms with van der Waals surface area (Å²) in [7, 11) is 0. The lowest BCUT2D eigenvalue weighted by Crippen LogP contribution is -2.30. The minimum atomic E-state index is -1.06. The van der Waals surface area contributed by atoms with Crippen molar-refractivity contribution in [1.29, 1.82) is 0 Å². The molecule has 1 heterocycles. The van der Waals surface area contributed by atoms with E-state index in [1.807, 2.05) is 0 Å². The van der Waals surface area contributed by atoms with E-state index < -0.39 is 23.8 Å². The maximum absolute atomic E-state index is 13.4. The van der Waals surface area contributed by atoms with E-state index >= 15 is 0 Å². The molecule has 0 aliphatic carbocycles. The third kappa shape index (κ3) is 3.79. The van der Waals surface area contributed by atoms with Gasteiger partial charge in [0.15, 0.2) is 17.7 Å². The van der Waals surface area contributed by atoms with E-state index in [4.69, 9.17) is 9.84 Å². The Morgan fingerprint density at radius 2 is 2.00 bits per heavy atom. The standard InChI is InChI=1S/C14H12FNO4S/c1-8(20-10-5-3-2-4-9(10)15)13(17)16-12-7-6-11(21-12)14(18)19/h2-8H,1H3,(H,16,17)(H,18,19). The number of aromatic carboxylic acids is 1. The van der Waals surface area contributed by atoms with Crippen LogP contribution < -0.4 is 10.1 Å². The number of hydrogen-bond acceptors (Lipinski definition) is 4. The van der Waals surface area contributed by atoms with Crippen molar-refractivity contribution in [2.75, 3.05) is 5.32 Å². The molecule has 5 nitrogen and oxygen atoms in total. The molecule has 0 aliphatic rings. The third-order valence-electron chi connectivity index (χ3n) is 2.57. The zero-order chi connectivity index (χ0) is 15.4. The fourth-order valence-corrected chi connectivity index (χ4v) is 2.28. The number of anilines is 1. The number of carboxylic acids is 1. The monoisotopic (exact) mass is 309 g/mol. The summed E-state index contributed by atoms with van der Waals surface area (Å²) >= 11 is 0.935. The van der Waals surface area contributed by atoms with Crippen molar-refractivity contribution in [1.82, 2.24) is 0 Å². The molecule has 0 spiro atoms. The van der Waals surface area contributed by atoms with Gasteiger partial charge in [-0.2, -0.15) is 0 Å². The summed E-state index contributed by atoms with van der Waals surface area (Å²) < 4.78 is 18.6. The number of ether oxygens (including phenoxy) is 1. The number of hydrogen-bond donors (Lipinski definition) is 2. The lowest BCUT2D eigenvalue weighted by molar-refractivity contribution is -0.122. The van der Waals surface area contributed by atoms with Gasteiger partial charge in [-0.25, -0.2) is 9.18 Å². The molecule has 2 rings (SSSR count). The third-order valence-corrected chi connectivity index (χ3v) is 3.56. The Hall–Kier alpha value is -2.41. The van der Waals surface area contributed by atoms with Gasteiger partial charge in [0.1, 0.15) is 4.88 Å². The second kappa shape index (κ2) is 6.36. The van der Waals surface area contributed by atoms with Crippen molar-refractivity contribution in [3.05, 3.63) is 47.1 Å². The number of thiophene rings is 1. The van der Waals surface area contributed by atoms with Crippen molar-refractivity contribution < 1.29 is 23.8 Å². The van der Waals surface area contributed by atoms with Gasteiger partial charge >= 0.3 is 5.97 Å². The van der Waals surface area contributed by atoms with E-state index in [0.717, 1.165) is 11.3 Å². The van der Waals surface area contributed by atoms with Crippen LogP contribution in [0, 0.1) is 5.82 Å². The highest BCUT2D eigenvalue weighted by atomic mass is 32.1. The Labute approximate surface area is 124 Å². The van der Waals surface area contributed by atoms with Crippen LogP contribution in [0.4, 0.5) is 9.39 Å². The summed E-state index contributed by atoms with van der Waals surface area (Å²) in [5, 5.41) is 11.7. The minimum absolute atomic E-state index is 0.0162. The summed E-state index contributed by atoms with van der Waals surface area (Å²) in [6.07, 6.45) is -0.919. The molecule has 0 saturated carbocycles. The first-order valence-corrected chi connectivity index (χ1v) is 6.84. The van der Waals surface area contributed by atoms with Gasteiger partial charge in [0.2, 0.25) is 0 Å². The Kier molecular flexibility index (Phi) is 4.54. The second-order valence-corrected chi connectivity index (χ2v) is 5.23. The predicted molar refractivity (Wildman–Crippen MR) is 76.4 cm³/mol. The maximum atomic E-state index is 13.4. The van der Waals surface area contributed by atoms with Crippen LogP contribution in [0.15, 0.2) is 36.4 Å². The molecule has 0 saturated heterocycles. The number of para-hydroxylation sites is 1. The van der Waals surface area contributed by atoms with Crippen LogP contribution in [-0.4, -0.2) is 23.1 Å². The zero-order valence-corrected chi connectivity index (χ0v) is 11.8. The van der Waals surface area contributed by atoms with Gasteiger partial charge in [-0.15, -0.1) is 11.3 Å². The van der Waals surface area contributed by atoms with Crippen molar-refractivity contribution in [2.24, 2.45) is 0 Å². The molecule has 21 heavy (non-hydrogen) atoms. The smallest absolute Gasteiger partial charge is 0.345 e. The molecule has 2 N–H and O–H groups in total. The van der Waals surface area contributed by atoms with Crippen LogP contribution in [-0.2, 0) is 4.79 Å². The van der Waals surface area contributed by atoms with E-state index in [9.17, 15) is 14.0 Å². The van der Waals surface area contributed by atoms with Crippen LogP contribution >= 0.6 is 11.3 Å². The van der Waals surface area contributed by atoms with E-state index in [-0.39, 0.29) is 10.6 Å². The molecule has 1 aromatic heterocycles. The van der Waals surface area contributed by atoms with Gasteiger partial charge in [-0.1, -0.05) is 12.1 Å². The van der Waals surface area contributed by atoms with Gasteiger partial charge in [0.05, 0.1) is 5.00 Å². The van der Waals surface area contributed by atoms with E-state index in [1.54, 1.807) is 6.07 Å². The van der Waals surface area contributed by atoms with Crippen molar-refractivity contribution in [3.63, 3.8) is 0 Å². The summed E-state index contributed by atoms with van der Waals surface area (Å²) in [4.78, 5) is 22.8. The normalized spacial score (nSPS) is 11.7. The van der Waals surface area contributed by atoms with Crippen molar-refractivity contribution in [2.45, 2.75) is 13.0 Å². The maximum Gasteiger partial charge on any atom is 0.345 e. The Morgan fingerprint density at radius 1 is 1.29 bits per heavy atom. The van der Waals surface area contributed by atoms with Crippen molar-refractivity contribution >= 4 is 28.2 Å². The molecule has 1 unspecified atom stereocenters. The predicted octanol–water partition coefficient (Wildman–Crippen LogP) is 2.99. The molecule has 0 radical (unpaired) electrons. The second-order valence-electron chi connectivity index (χ2n) is 4.15. The van der Waals surface area contributed by atoms with Gasteiger partial charge in [-0.3, -0.25) is 4.79 Å². The fraction of sp³-hybridized carbons (Fsp3) is 0.143. The molecule has 0 bridgehead atoms. The molecule has 1 aromatic carbocycles. The van der Waals surface area contributed by atoms with E-state index in [1.165, 1.54) is 37.3 Å². The number of nitrogens with one attached hydrogen (secondary N) is 1. The quantitative estimate of drug-likeness (QED) is 0.890. The highest BCUT2D eigenvalue weighted by molar-refractivity contribution is 7.18. The van der Waals surface area contributed by atoms with Crippen LogP contribution in [0.2, 0.25) is 0 Å². The highest BCUT2D eigenvalue weighted by Crippen LogP contribution is 2.22. The molecule has 1 atom stereocenters. The Morgan fingerprint density at radius 3 is 2.62 bits per heavy atom. The van der Waals surface area contributed by atoms with Crippen LogP contribution in [0.3, 0.4) is 0 Å². The topological polar surface area (TPSA) is 75.6 Å². The van der Waals surface area contributed by atoms with Gasteiger partial charge in [0, 0.05) is 0 Å². The number of rotatable bonds is 5. The first-order chi connectivity index (χ1) is 9.97. The summed E-state index contributed by atoms with van der Waals surface area (Å²) in [5.74, 6) is -2.12. The number of amides is 1. The number of benzene rings is 1. The van der Waals surface area contributed by atoms with Crippen LogP contribution in [0.25, 0.3) is 0 Å². The first-order valence-electron chi connectivity index (χ1n) is 6.02. The summed E-state index contributed by atoms with van der Waals surface area (Å²) in [5.41, 5.74) is 0. The Balaban J connectivity index is 1.99. The van der Waals surface area contributed by atoms with Crippen LogP contribution in [0.1, 0.15) is 16.6 Å². The summed E-state index contributed by atoms with van der Waals surface area (Å²) in [6, 6.07) is 8.66. The van der Waals surface area contributed by atoms with Crippen LogP contribution in [0.5, 0.6) is 5.75 Å². The van der Waals surface area contributed by atoms with E-state index in [0.29, 0.717) is 5.00 Å². The highest BCUT2D eigenvalue weighted by Gasteiger charge is 2.18. The SMILES string of the molecule is CC(Oc1ccccc1F)C(=O)Nc1ccc(C(=O)O)s1. The number of carbonyl (C=O) groups is 2. The number of carbonyl (C=O) groups excluding carboxylic acids is 1. The Bertz CT molecular complexity index is 670. The van der Waals surface area contributed by atoms with E-state index in [2.05, 4.69) is 5.32 Å². The molecule has 0 aliphatic heterocycles. The zero-order valence-electron chi connectivity index (χ0n) is 11.0. The largest absolute Gasteiger partial charge is 0.478 e. The molecule has 7 heteroatoms. The van der Waals surface area contributed by atoms with Crippen molar-refractivity contribution in [3.8, 4) is 5.75 Å². The lowest BCUT2D eigenvalue weighted by Gasteiger charge is -2.14. The number of halogens is 1. The minimum Gasteiger partial charge on any atom is -0.478 e. The molecular formula is C14H12FNO4S. The molecule has 110 valence electrons. The molecule has 0 fully saturated rings. The van der Waals surface area contributed by atoms with Gasteiger partial charge < -0.3 is 15.2 Å². The first kappa shape index (κ1) is 15.0. The van der Waals surface area contributed by atoms with Gasteiger partial charge in [-0.05, 0) is 31.2 Å². The molecular weight excluding hydrogens is 297 g/mol. The number of carboxylic acid groups (broad SMARTS) is 1. The summed E-state index contributed by atoms with van der Waals surface area (Å²) in [6.45, 7) is 1.48. The lowest BCUT2D eigenvalue weighted by atomic mass is 10.3. The average Bonchev–Trinajstić information content (AvgIpc) is 2.90. The van der Waals surface area contributed by atoms with Gasteiger partial charge in [0.25, 0.3) is 5.91 Å². The molecule has 1 amide bonds.